The summed E-state index contributed by atoms with van der Waals surface area (Å²) in [5.41, 5.74) is 2.23. The summed E-state index contributed by atoms with van der Waals surface area (Å²) in [6.45, 7) is 3.76. The normalized spacial score (nSPS) is 13.1. The van der Waals surface area contributed by atoms with Gasteiger partial charge in [0.1, 0.15) is 57.8 Å². The minimum absolute atomic E-state index is 0.0228. The molecule has 1 aliphatic rings. The van der Waals surface area contributed by atoms with Crippen LogP contribution in [0.3, 0.4) is 0 Å². The molecule has 1 heterocycles. The second-order valence-electron chi connectivity index (χ2n) is 15.5. The number of fused-ring (bicyclic) bond motifs is 2. The molecule has 0 spiro atoms. The van der Waals surface area contributed by atoms with Crippen molar-refractivity contribution >= 4 is 11.6 Å². The number of alkyl halides is 6. The first-order valence-electron chi connectivity index (χ1n) is 20.4. The number of phenols is 4. The average molecular weight is 913 g/mol. The SMILES string of the molecule is CCCc1cc(O)c(C(c2ccc(O)cc2)c2cc(F)c(CCC(F)(F)F)cc2O)cc1F.CCCc1cc2c(cc1F)C(c1ccc(O)cc1)=c1cc(F)/c(=C\CC(F)(F)F)cc1O2. The van der Waals surface area contributed by atoms with E-state index in [9.17, 15) is 64.3 Å². The monoisotopic (exact) mass is 912 g/mol. The van der Waals surface area contributed by atoms with Crippen LogP contribution in [0.4, 0.5) is 43.9 Å². The van der Waals surface area contributed by atoms with Crippen LogP contribution < -0.4 is 15.2 Å². The Labute approximate surface area is 366 Å². The van der Waals surface area contributed by atoms with E-state index in [-0.39, 0.29) is 50.1 Å². The second kappa shape index (κ2) is 19.6. The maximum absolute atomic E-state index is 14.8. The number of aromatic hydroxyl groups is 4. The van der Waals surface area contributed by atoms with Crippen molar-refractivity contribution in [2.24, 2.45) is 0 Å². The van der Waals surface area contributed by atoms with Gasteiger partial charge in [-0.3, -0.25) is 0 Å². The quantitative estimate of drug-likeness (QED) is 0.0767. The first-order chi connectivity index (χ1) is 30.7. The van der Waals surface area contributed by atoms with Crippen molar-refractivity contribution in [3.05, 3.63) is 175 Å². The number of phenolic OH excluding ortho intramolecular Hbond substituents is 4. The standard InChI is InChI=1S/C25H23F5O3.C25H19F5O2/c1-2-3-15-10-22(32)18(12-20(15)26)24(14-4-6-17(31)7-5-14)19-13-21(27)16(11-23(19)33)8-9-25(28,29)30;1-2-3-15-10-22-18(12-20(15)26)24(14-4-6-17(31)7-5-14)19-13-21(27)16(11-23(19)32-22)8-9-25(28,29)30/h4-7,10-13,24,31-33H,2-3,8-9H2,1H3;4-8,10-13,31H,2-3,9H2,1H3/b;16-8-. The summed E-state index contributed by atoms with van der Waals surface area (Å²) in [7, 11) is 0. The molecule has 0 saturated carbocycles. The lowest BCUT2D eigenvalue weighted by Crippen LogP contribution is -2.23. The van der Waals surface area contributed by atoms with E-state index in [1.165, 1.54) is 54.6 Å². The Balaban J connectivity index is 0.000000215. The van der Waals surface area contributed by atoms with Gasteiger partial charge in [-0.15, -0.1) is 0 Å². The molecule has 0 aliphatic carbocycles. The number of aryl methyl sites for hydroxylation is 3. The van der Waals surface area contributed by atoms with Crippen LogP contribution in [0.15, 0.2) is 97.1 Å². The Bertz CT molecular complexity index is 2800. The third-order valence-electron chi connectivity index (χ3n) is 10.7. The smallest absolute Gasteiger partial charge is 0.392 e. The predicted octanol–water partition coefficient (Wildman–Crippen LogP) is 12.4. The van der Waals surface area contributed by atoms with Crippen LogP contribution in [0, 0.1) is 23.3 Å². The van der Waals surface area contributed by atoms with E-state index in [1.807, 2.05) is 13.8 Å². The Hall–Kier alpha value is -6.64. The highest BCUT2D eigenvalue weighted by Gasteiger charge is 2.30. The van der Waals surface area contributed by atoms with Crippen LogP contribution in [-0.2, 0) is 19.3 Å². The lowest BCUT2D eigenvalue weighted by Gasteiger charge is -2.22. The van der Waals surface area contributed by atoms with Gasteiger partial charge in [0.05, 0.1) is 6.42 Å². The molecule has 0 aromatic heterocycles. The fraction of sp³-hybridized carbons (Fsp3) is 0.240. The Morgan fingerprint density at radius 1 is 0.554 bits per heavy atom. The highest BCUT2D eigenvalue weighted by molar-refractivity contribution is 5.85. The highest BCUT2D eigenvalue weighted by atomic mass is 19.4. The average Bonchev–Trinajstić information content (AvgIpc) is 3.23. The fourth-order valence-corrected chi connectivity index (χ4v) is 7.60. The number of halogens is 10. The summed E-state index contributed by atoms with van der Waals surface area (Å²) < 4.78 is 140. The van der Waals surface area contributed by atoms with Gasteiger partial charge in [0.25, 0.3) is 0 Å². The van der Waals surface area contributed by atoms with Crippen molar-refractivity contribution in [3.8, 4) is 34.5 Å². The summed E-state index contributed by atoms with van der Waals surface area (Å²) in [5, 5.41) is 40.6. The van der Waals surface area contributed by atoms with Gasteiger partial charge in [0, 0.05) is 45.0 Å². The summed E-state index contributed by atoms with van der Waals surface area (Å²) in [5.74, 6) is -4.19. The molecule has 0 bridgehead atoms. The fourth-order valence-electron chi connectivity index (χ4n) is 7.60. The van der Waals surface area contributed by atoms with Gasteiger partial charge in [0.15, 0.2) is 0 Å². The summed E-state index contributed by atoms with van der Waals surface area (Å²) in [6, 6.07) is 21.1. The van der Waals surface area contributed by atoms with Crippen LogP contribution in [0.2, 0.25) is 0 Å². The van der Waals surface area contributed by atoms with E-state index >= 15 is 0 Å². The molecule has 0 amide bonds. The Kier molecular flexibility index (Phi) is 14.4. The lowest BCUT2D eigenvalue weighted by molar-refractivity contribution is -0.134. The van der Waals surface area contributed by atoms with Crippen LogP contribution in [-0.4, -0.2) is 32.8 Å². The van der Waals surface area contributed by atoms with E-state index in [2.05, 4.69) is 0 Å². The molecule has 1 unspecified atom stereocenters. The molecule has 1 aliphatic heterocycles. The van der Waals surface area contributed by atoms with Crippen LogP contribution in [0.5, 0.6) is 34.5 Å². The van der Waals surface area contributed by atoms with Crippen molar-refractivity contribution in [3.63, 3.8) is 0 Å². The number of hydrogen-bond acceptors (Lipinski definition) is 5. The van der Waals surface area contributed by atoms with Gasteiger partial charge < -0.3 is 25.2 Å². The second-order valence-corrected chi connectivity index (χ2v) is 15.5. The first kappa shape index (κ1) is 47.8. The third kappa shape index (κ3) is 11.6. The van der Waals surface area contributed by atoms with E-state index in [0.717, 1.165) is 30.3 Å². The number of rotatable bonds is 11. The third-order valence-corrected chi connectivity index (χ3v) is 10.7. The summed E-state index contributed by atoms with van der Waals surface area (Å²) in [6.07, 6.45) is -9.15. The van der Waals surface area contributed by atoms with E-state index < -0.39 is 66.6 Å². The van der Waals surface area contributed by atoms with Crippen molar-refractivity contribution in [2.75, 3.05) is 0 Å². The molecule has 7 rings (SSSR count). The first-order valence-corrected chi connectivity index (χ1v) is 20.4. The van der Waals surface area contributed by atoms with Gasteiger partial charge >= 0.3 is 12.4 Å². The van der Waals surface area contributed by atoms with Crippen LogP contribution >= 0.6 is 0 Å². The molecule has 342 valence electrons. The van der Waals surface area contributed by atoms with Gasteiger partial charge in [-0.25, -0.2) is 17.6 Å². The number of benzene rings is 6. The highest BCUT2D eigenvalue weighted by Crippen LogP contribution is 2.43. The van der Waals surface area contributed by atoms with E-state index in [1.54, 1.807) is 18.2 Å². The number of ether oxygens (including phenoxy) is 1. The number of hydrogen-bond donors (Lipinski definition) is 4. The Morgan fingerprint density at radius 2 is 1.06 bits per heavy atom. The van der Waals surface area contributed by atoms with Crippen LogP contribution in [0.25, 0.3) is 11.6 Å². The van der Waals surface area contributed by atoms with Gasteiger partial charge in [-0.1, -0.05) is 57.0 Å². The molecule has 1 atom stereocenters. The predicted molar refractivity (Wildman–Crippen MR) is 225 cm³/mol. The molecular weight excluding hydrogens is 871 g/mol. The summed E-state index contributed by atoms with van der Waals surface area (Å²) >= 11 is 0. The zero-order valence-corrected chi connectivity index (χ0v) is 34.8. The van der Waals surface area contributed by atoms with E-state index in [0.29, 0.717) is 64.8 Å². The van der Waals surface area contributed by atoms with Crippen molar-refractivity contribution < 1.29 is 69.1 Å². The minimum atomic E-state index is -4.49. The molecule has 6 aromatic carbocycles. The molecule has 4 N–H and O–H groups in total. The molecule has 0 radical (unpaired) electrons. The molecule has 15 heteroatoms. The molecular formula is C50H42F10O5. The van der Waals surface area contributed by atoms with Gasteiger partial charge in [-0.05, 0) is 120 Å². The Morgan fingerprint density at radius 3 is 1.58 bits per heavy atom. The van der Waals surface area contributed by atoms with Crippen molar-refractivity contribution in [1.82, 2.24) is 0 Å². The molecule has 6 aromatic rings. The largest absolute Gasteiger partial charge is 0.508 e. The zero-order valence-electron chi connectivity index (χ0n) is 34.8. The maximum atomic E-state index is 14.8. The molecule has 65 heavy (non-hydrogen) atoms. The topological polar surface area (TPSA) is 90.2 Å². The van der Waals surface area contributed by atoms with Gasteiger partial charge in [0.2, 0.25) is 0 Å². The summed E-state index contributed by atoms with van der Waals surface area (Å²) in [4.78, 5) is 0. The minimum Gasteiger partial charge on any atom is -0.508 e. The molecule has 0 fully saturated rings. The molecule has 5 nitrogen and oxygen atoms in total. The van der Waals surface area contributed by atoms with Crippen molar-refractivity contribution in [1.29, 1.82) is 0 Å². The van der Waals surface area contributed by atoms with Crippen molar-refractivity contribution in [2.45, 2.75) is 77.1 Å². The lowest BCUT2D eigenvalue weighted by atomic mass is 9.82. The molecule has 0 saturated heterocycles. The zero-order chi connectivity index (χ0) is 47.4. The maximum Gasteiger partial charge on any atom is 0.392 e. The van der Waals surface area contributed by atoms with E-state index in [4.69, 9.17) is 4.74 Å². The van der Waals surface area contributed by atoms with Gasteiger partial charge in [-0.2, -0.15) is 26.3 Å². The van der Waals surface area contributed by atoms with Crippen LogP contribution in [0.1, 0.15) is 90.0 Å².